The Kier molecular flexibility index (Phi) is 5.92. The number of carbonyl (C=O) groups is 2. The molecule has 0 unspecified atom stereocenters. The molecule has 0 spiro atoms. The number of aromatic nitrogens is 1. The van der Waals surface area contributed by atoms with Crippen LogP contribution in [0.25, 0.3) is 0 Å². The molecule has 2 heterocycles. The van der Waals surface area contributed by atoms with E-state index in [0.29, 0.717) is 16.7 Å². The lowest BCUT2D eigenvalue weighted by atomic mass is 9.82. The number of ketones is 1. The molecule has 0 bridgehead atoms. The summed E-state index contributed by atoms with van der Waals surface area (Å²) >= 11 is 3.59. The van der Waals surface area contributed by atoms with Crippen LogP contribution < -0.4 is 4.90 Å². The van der Waals surface area contributed by atoms with Gasteiger partial charge in [0.1, 0.15) is 0 Å². The standard InChI is InChI=1S/C19H27BrN2O3/c1-11(2)25-18(24)17(23)14-12(3)21-13(4)15(20)16(14)22-9-7-19(5,6)8-10-22/h11H,7-10H2,1-6H3. The summed E-state index contributed by atoms with van der Waals surface area (Å²) in [5, 5.41) is 0. The average Bonchev–Trinajstić information content (AvgIpc) is 2.49. The minimum absolute atomic E-state index is 0.293. The number of ether oxygens (including phenoxy) is 1. The molecule has 138 valence electrons. The molecule has 0 saturated carbocycles. The highest BCUT2D eigenvalue weighted by atomic mass is 79.9. The number of pyridine rings is 1. The second-order valence-electron chi connectivity index (χ2n) is 7.75. The van der Waals surface area contributed by atoms with Gasteiger partial charge in [-0.3, -0.25) is 9.78 Å². The van der Waals surface area contributed by atoms with Crippen molar-refractivity contribution in [3.05, 3.63) is 21.4 Å². The molecule has 0 atom stereocenters. The highest BCUT2D eigenvalue weighted by Gasteiger charge is 2.33. The van der Waals surface area contributed by atoms with Gasteiger partial charge in [0, 0.05) is 13.1 Å². The number of piperidine rings is 1. The highest BCUT2D eigenvalue weighted by Crippen LogP contribution is 2.39. The predicted molar refractivity (Wildman–Crippen MR) is 102 cm³/mol. The molecular weight excluding hydrogens is 384 g/mol. The summed E-state index contributed by atoms with van der Waals surface area (Å²) < 4.78 is 5.89. The fourth-order valence-corrected chi connectivity index (χ4v) is 3.62. The number of carbonyl (C=O) groups excluding carboxylic acids is 2. The molecule has 2 rings (SSSR count). The van der Waals surface area contributed by atoms with Gasteiger partial charge in [0.2, 0.25) is 0 Å². The van der Waals surface area contributed by atoms with Crippen LogP contribution in [-0.2, 0) is 9.53 Å². The normalized spacial score (nSPS) is 16.9. The Morgan fingerprint density at radius 2 is 1.72 bits per heavy atom. The van der Waals surface area contributed by atoms with Crippen molar-refractivity contribution in [1.82, 2.24) is 4.98 Å². The first-order valence-electron chi connectivity index (χ1n) is 8.70. The molecule has 1 aliphatic heterocycles. The van der Waals surface area contributed by atoms with E-state index < -0.39 is 11.8 Å². The second kappa shape index (κ2) is 7.44. The molecule has 25 heavy (non-hydrogen) atoms. The smallest absolute Gasteiger partial charge is 0.380 e. The molecule has 0 aliphatic carbocycles. The Balaban J connectivity index is 2.48. The van der Waals surface area contributed by atoms with Crippen LogP contribution >= 0.6 is 15.9 Å². The maximum atomic E-state index is 12.8. The van der Waals surface area contributed by atoms with Crippen LogP contribution in [0.5, 0.6) is 0 Å². The summed E-state index contributed by atoms with van der Waals surface area (Å²) in [6.45, 7) is 13.3. The Morgan fingerprint density at radius 3 is 2.24 bits per heavy atom. The Hall–Kier alpha value is -1.43. The average molecular weight is 411 g/mol. The van der Waals surface area contributed by atoms with Gasteiger partial charge in [0.05, 0.1) is 33.2 Å². The molecule has 0 amide bonds. The van der Waals surface area contributed by atoms with Gasteiger partial charge in [-0.05, 0) is 61.9 Å². The molecule has 1 aromatic rings. The van der Waals surface area contributed by atoms with Crippen molar-refractivity contribution in [2.45, 2.75) is 60.5 Å². The van der Waals surface area contributed by atoms with Crippen LogP contribution in [0.15, 0.2) is 4.47 Å². The number of halogens is 1. The topological polar surface area (TPSA) is 59.5 Å². The van der Waals surface area contributed by atoms with E-state index in [9.17, 15) is 9.59 Å². The minimum atomic E-state index is -0.825. The van der Waals surface area contributed by atoms with E-state index in [-0.39, 0.29) is 6.10 Å². The number of anilines is 1. The summed E-state index contributed by atoms with van der Waals surface area (Å²) in [6, 6.07) is 0. The Morgan fingerprint density at radius 1 is 1.16 bits per heavy atom. The van der Waals surface area contributed by atoms with Crippen LogP contribution in [0.4, 0.5) is 5.69 Å². The van der Waals surface area contributed by atoms with E-state index in [1.54, 1.807) is 20.8 Å². The molecule has 6 heteroatoms. The van der Waals surface area contributed by atoms with Crippen molar-refractivity contribution in [2.24, 2.45) is 5.41 Å². The zero-order chi connectivity index (χ0) is 18.9. The quantitative estimate of drug-likeness (QED) is 0.422. The van der Waals surface area contributed by atoms with Crippen molar-refractivity contribution < 1.29 is 14.3 Å². The van der Waals surface area contributed by atoms with Crippen molar-refractivity contribution in [3.8, 4) is 0 Å². The number of esters is 1. The fraction of sp³-hybridized carbons (Fsp3) is 0.632. The number of Topliss-reactive ketones (excluding diaryl/α,β-unsaturated/α-hetero) is 1. The van der Waals surface area contributed by atoms with E-state index in [4.69, 9.17) is 4.74 Å². The molecule has 0 radical (unpaired) electrons. The number of nitrogens with zero attached hydrogens (tertiary/aromatic N) is 2. The van der Waals surface area contributed by atoms with Crippen LogP contribution in [0.2, 0.25) is 0 Å². The Bertz CT molecular complexity index is 688. The largest absolute Gasteiger partial charge is 0.457 e. The van der Waals surface area contributed by atoms with Gasteiger partial charge in [0.15, 0.2) is 0 Å². The van der Waals surface area contributed by atoms with Crippen LogP contribution in [0.1, 0.15) is 62.3 Å². The summed E-state index contributed by atoms with van der Waals surface area (Å²) in [4.78, 5) is 31.6. The third-order valence-electron chi connectivity index (χ3n) is 4.65. The van der Waals surface area contributed by atoms with Gasteiger partial charge in [-0.25, -0.2) is 4.79 Å². The fourth-order valence-electron chi connectivity index (χ4n) is 3.08. The second-order valence-corrected chi connectivity index (χ2v) is 8.55. The number of rotatable bonds is 4. The molecule has 1 fully saturated rings. The van der Waals surface area contributed by atoms with E-state index in [0.717, 1.165) is 41.8 Å². The first-order chi connectivity index (χ1) is 11.5. The lowest BCUT2D eigenvalue weighted by molar-refractivity contribution is -0.141. The van der Waals surface area contributed by atoms with Gasteiger partial charge in [-0.1, -0.05) is 13.8 Å². The first-order valence-corrected chi connectivity index (χ1v) is 9.50. The minimum Gasteiger partial charge on any atom is -0.457 e. The van der Waals surface area contributed by atoms with Crippen LogP contribution in [-0.4, -0.2) is 35.9 Å². The van der Waals surface area contributed by atoms with Crippen LogP contribution in [0, 0.1) is 19.3 Å². The van der Waals surface area contributed by atoms with E-state index >= 15 is 0 Å². The van der Waals surface area contributed by atoms with Gasteiger partial charge in [-0.2, -0.15) is 0 Å². The summed E-state index contributed by atoms with van der Waals surface area (Å²) in [6.07, 6.45) is 1.73. The molecule has 1 saturated heterocycles. The molecule has 1 aliphatic rings. The van der Waals surface area contributed by atoms with Crippen molar-refractivity contribution in [2.75, 3.05) is 18.0 Å². The molecular formula is C19H27BrN2O3. The van der Waals surface area contributed by atoms with Crippen molar-refractivity contribution in [3.63, 3.8) is 0 Å². The number of hydrogen-bond acceptors (Lipinski definition) is 5. The van der Waals surface area contributed by atoms with Crippen LogP contribution in [0.3, 0.4) is 0 Å². The van der Waals surface area contributed by atoms with E-state index in [1.165, 1.54) is 0 Å². The molecule has 5 nitrogen and oxygen atoms in total. The number of aryl methyl sites for hydroxylation is 2. The van der Waals surface area contributed by atoms with E-state index in [1.807, 2.05) is 6.92 Å². The Labute approximate surface area is 158 Å². The van der Waals surface area contributed by atoms with Crippen molar-refractivity contribution in [1.29, 1.82) is 0 Å². The lowest BCUT2D eigenvalue weighted by Crippen LogP contribution is -2.39. The first kappa shape index (κ1) is 19.9. The highest BCUT2D eigenvalue weighted by molar-refractivity contribution is 9.10. The zero-order valence-electron chi connectivity index (χ0n) is 15.9. The SMILES string of the molecule is Cc1nc(C)c(C(=O)C(=O)OC(C)C)c(N2CCC(C)(C)CC2)c1Br. The maximum absolute atomic E-state index is 12.8. The van der Waals surface area contributed by atoms with Gasteiger partial charge >= 0.3 is 5.97 Å². The summed E-state index contributed by atoms with van der Waals surface area (Å²) in [5.74, 6) is -1.45. The maximum Gasteiger partial charge on any atom is 0.380 e. The molecule has 0 N–H and O–H groups in total. The zero-order valence-corrected chi connectivity index (χ0v) is 17.5. The van der Waals surface area contributed by atoms with Crippen molar-refractivity contribution >= 4 is 33.4 Å². The monoisotopic (exact) mass is 410 g/mol. The number of hydrogen-bond donors (Lipinski definition) is 0. The van der Waals surface area contributed by atoms with Gasteiger partial charge in [-0.15, -0.1) is 0 Å². The predicted octanol–water partition coefficient (Wildman–Crippen LogP) is 4.22. The molecule has 1 aromatic heterocycles. The van der Waals surface area contributed by atoms with E-state index in [2.05, 4.69) is 39.7 Å². The summed E-state index contributed by atoms with van der Waals surface area (Å²) in [5.41, 5.74) is 2.78. The third kappa shape index (κ3) is 4.40. The van der Waals surface area contributed by atoms with Gasteiger partial charge < -0.3 is 9.64 Å². The third-order valence-corrected chi connectivity index (χ3v) is 5.60. The summed E-state index contributed by atoms with van der Waals surface area (Å²) in [7, 11) is 0. The lowest BCUT2D eigenvalue weighted by Gasteiger charge is -2.39. The molecule has 0 aromatic carbocycles. The van der Waals surface area contributed by atoms with Gasteiger partial charge in [0.25, 0.3) is 5.78 Å².